The average molecular weight is 322 g/mol. The van der Waals surface area contributed by atoms with Crippen molar-refractivity contribution < 1.29 is 4.92 Å². The Hall–Kier alpha value is -1.95. The lowest BCUT2D eigenvalue weighted by atomic mass is 10.2. The van der Waals surface area contributed by atoms with Crippen LogP contribution in [0.2, 0.25) is 0 Å². The third-order valence-corrected chi connectivity index (χ3v) is 3.16. The number of pyridine rings is 1. The molecule has 6 heteroatoms. The summed E-state index contributed by atoms with van der Waals surface area (Å²) < 4.78 is 0.689. The van der Waals surface area contributed by atoms with Gasteiger partial charge in [-0.15, -0.1) is 0 Å². The molecule has 5 nitrogen and oxygen atoms in total. The van der Waals surface area contributed by atoms with Gasteiger partial charge in [0.05, 0.1) is 17.2 Å². The number of hydrogen-bond acceptors (Lipinski definition) is 4. The maximum absolute atomic E-state index is 11.1. The lowest BCUT2D eigenvalue weighted by molar-refractivity contribution is -0.384. The molecule has 0 N–H and O–H groups in total. The minimum Gasteiger partial charge on any atom is -0.363 e. The molecule has 0 spiro atoms. The molecule has 0 bridgehead atoms. The molecule has 98 valence electrons. The van der Waals surface area contributed by atoms with E-state index >= 15 is 0 Å². The molecule has 2 rings (SSSR count). The molecular weight excluding hydrogens is 310 g/mol. The summed E-state index contributed by atoms with van der Waals surface area (Å²) in [6.07, 6.45) is 1.71. The van der Waals surface area contributed by atoms with Crippen LogP contribution in [0.3, 0.4) is 0 Å². The van der Waals surface area contributed by atoms with Gasteiger partial charge in [-0.25, -0.2) is 0 Å². The smallest absolute Gasteiger partial charge is 0.293 e. The van der Waals surface area contributed by atoms with Crippen molar-refractivity contribution in [2.24, 2.45) is 0 Å². The SMILES string of the molecule is CN(Cc1ccccn1)c1ccc(Br)cc1[N+](=O)[O-]. The Balaban J connectivity index is 2.28. The number of nitrogens with zero attached hydrogens (tertiary/aromatic N) is 3. The first kappa shape index (κ1) is 13.5. The monoisotopic (exact) mass is 321 g/mol. The van der Waals surface area contributed by atoms with Crippen LogP contribution in [0.1, 0.15) is 5.69 Å². The maximum atomic E-state index is 11.1. The Bertz CT molecular complexity index is 590. The van der Waals surface area contributed by atoms with Crippen molar-refractivity contribution in [3.05, 3.63) is 62.9 Å². The molecule has 0 aliphatic rings. The molecule has 0 aliphatic carbocycles. The van der Waals surface area contributed by atoms with Gasteiger partial charge in [0.2, 0.25) is 0 Å². The van der Waals surface area contributed by atoms with E-state index in [-0.39, 0.29) is 10.6 Å². The fourth-order valence-electron chi connectivity index (χ4n) is 1.79. The fourth-order valence-corrected chi connectivity index (χ4v) is 2.13. The summed E-state index contributed by atoms with van der Waals surface area (Å²) in [7, 11) is 1.81. The van der Waals surface area contributed by atoms with Crippen LogP contribution >= 0.6 is 15.9 Å². The van der Waals surface area contributed by atoms with Crippen molar-refractivity contribution in [3.63, 3.8) is 0 Å². The zero-order valence-corrected chi connectivity index (χ0v) is 11.9. The molecule has 0 saturated carbocycles. The van der Waals surface area contributed by atoms with Crippen molar-refractivity contribution in [2.75, 3.05) is 11.9 Å². The molecule has 1 heterocycles. The van der Waals surface area contributed by atoms with Crippen molar-refractivity contribution in [2.45, 2.75) is 6.54 Å². The Morgan fingerprint density at radius 2 is 2.16 bits per heavy atom. The number of aromatic nitrogens is 1. The lowest BCUT2D eigenvalue weighted by Crippen LogP contribution is -2.18. The summed E-state index contributed by atoms with van der Waals surface area (Å²) in [4.78, 5) is 16.7. The summed E-state index contributed by atoms with van der Waals surface area (Å²) in [6, 6.07) is 10.6. The topological polar surface area (TPSA) is 59.3 Å². The zero-order valence-electron chi connectivity index (χ0n) is 10.3. The van der Waals surface area contributed by atoms with Gasteiger partial charge in [-0.1, -0.05) is 22.0 Å². The molecule has 2 aromatic rings. The second-order valence-electron chi connectivity index (χ2n) is 4.07. The van der Waals surface area contributed by atoms with E-state index in [0.29, 0.717) is 16.7 Å². The van der Waals surface area contributed by atoms with E-state index in [2.05, 4.69) is 20.9 Å². The summed E-state index contributed by atoms with van der Waals surface area (Å²) in [6.45, 7) is 0.517. The van der Waals surface area contributed by atoms with Crippen LogP contribution < -0.4 is 4.90 Å². The Kier molecular flexibility index (Phi) is 4.11. The molecule has 1 aromatic carbocycles. The van der Waals surface area contributed by atoms with E-state index in [1.807, 2.05) is 30.1 Å². The highest BCUT2D eigenvalue weighted by molar-refractivity contribution is 9.10. The number of hydrogen-bond donors (Lipinski definition) is 0. The Labute approximate surface area is 119 Å². The molecule has 0 radical (unpaired) electrons. The van der Waals surface area contributed by atoms with E-state index in [0.717, 1.165) is 5.69 Å². The standard InChI is InChI=1S/C13H12BrN3O2/c1-16(9-11-4-2-3-7-15-11)12-6-5-10(14)8-13(12)17(18)19/h2-8H,9H2,1H3. The molecule has 0 aliphatic heterocycles. The third-order valence-electron chi connectivity index (χ3n) is 2.67. The molecule has 0 unspecified atom stereocenters. The number of nitro groups is 1. The Morgan fingerprint density at radius 3 is 2.79 bits per heavy atom. The second kappa shape index (κ2) is 5.79. The first-order chi connectivity index (χ1) is 9.08. The van der Waals surface area contributed by atoms with Gasteiger partial charge in [0, 0.05) is 23.8 Å². The van der Waals surface area contributed by atoms with Crippen LogP contribution in [0.4, 0.5) is 11.4 Å². The van der Waals surface area contributed by atoms with E-state index in [9.17, 15) is 10.1 Å². The third kappa shape index (κ3) is 3.29. The van der Waals surface area contributed by atoms with Gasteiger partial charge in [-0.05, 0) is 24.3 Å². The molecule has 0 fully saturated rings. The largest absolute Gasteiger partial charge is 0.363 e. The summed E-state index contributed by atoms with van der Waals surface area (Å²) in [5, 5.41) is 11.1. The quantitative estimate of drug-likeness (QED) is 0.639. The van der Waals surface area contributed by atoms with Gasteiger partial charge in [-0.2, -0.15) is 0 Å². The first-order valence-corrected chi connectivity index (χ1v) is 6.42. The minimum absolute atomic E-state index is 0.0767. The molecule has 19 heavy (non-hydrogen) atoms. The average Bonchev–Trinajstić information content (AvgIpc) is 2.39. The minimum atomic E-state index is -0.380. The highest BCUT2D eigenvalue weighted by Gasteiger charge is 2.17. The first-order valence-electron chi connectivity index (χ1n) is 5.63. The molecule has 0 saturated heterocycles. The number of halogens is 1. The van der Waals surface area contributed by atoms with E-state index < -0.39 is 0 Å². The number of rotatable bonds is 4. The van der Waals surface area contributed by atoms with E-state index in [4.69, 9.17) is 0 Å². The second-order valence-corrected chi connectivity index (χ2v) is 4.98. The molecule has 0 atom stereocenters. The van der Waals surface area contributed by atoms with Gasteiger partial charge >= 0.3 is 0 Å². The van der Waals surface area contributed by atoms with Crippen molar-refractivity contribution in [1.82, 2.24) is 4.98 Å². The molecular formula is C13H12BrN3O2. The predicted molar refractivity (Wildman–Crippen MR) is 77.1 cm³/mol. The predicted octanol–water partition coefficient (Wildman–Crippen LogP) is 3.39. The van der Waals surface area contributed by atoms with Gasteiger partial charge < -0.3 is 4.90 Å². The van der Waals surface area contributed by atoms with Gasteiger partial charge in [0.1, 0.15) is 5.69 Å². The Morgan fingerprint density at radius 1 is 1.37 bits per heavy atom. The number of nitro benzene ring substituents is 1. The van der Waals surface area contributed by atoms with Crippen LogP contribution in [0.5, 0.6) is 0 Å². The van der Waals surface area contributed by atoms with Crippen LogP contribution in [0.25, 0.3) is 0 Å². The summed E-state index contributed by atoms with van der Waals surface area (Å²) >= 11 is 3.25. The number of anilines is 1. The van der Waals surface area contributed by atoms with Crippen molar-refractivity contribution >= 4 is 27.3 Å². The lowest BCUT2D eigenvalue weighted by Gasteiger charge is -2.18. The van der Waals surface area contributed by atoms with E-state index in [1.54, 1.807) is 18.3 Å². The number of benzene rings is 1. The van der Waals surface area contributed by atoms with Crippen LogP contribution in [-0.4, -0.2) is 17.0 Å². The molecule has 1 aromatic heterocycles. The van der Waals surface area contributed by atoms with Crippen molar-refractivity contribution in [1.29, 1.82) is 0 Å². The van der Waals surface area contributed by atoms with Crippen LogP contribution in [0.15, 0.2) is 47.1 Å². The summed E-state index contributed by atoms with van der Waals surface area (Å²) in [5.74, 6) is 0. The van der Waals surface area contributed by atoms with Crippen molar-refractivity contribution in [3.8, 4) is 0 Å². The normalized spacial score (nSPS) is 10.2. The van der Waals surface area contributed by atoms with Gasteiger partial charge in [0.15, 0.2) is 0 Å². The maximum Gasteiger partial charge on any atom is 0.293 e. The zero-order chi connectivity index (χ0) is 13.8. The van der Waals surface area contributed by atoms with Crippen LogP contribution in [-0.2, 0) is 6.54 Å². The fraction of sp³-hybridized carbons (Fsp3) is 0.154. The van der Waals surface area contributed by atoms with E-state index in [1.165, 1.54) is 6.07 Å². The highest BCUT2D eigenvalue weighted by Crippen LogP contribution is 2.31. The van der Waals surface area contributed by atoms with Gasteiger partial charge in [-0.3, -0.25) is 15.1 Å². The highest BCUT2D eigenvalue weighted by atomic mass is 79.9. The van der Waals surface area contributed by atoms with Gasteiger partial charge in [0.25, 0.3) is 5.69 Å². The molecule has 0 amide bonds. The summed E-state index contributed by atoms with van der Waals surface area (Å²) in [5.41, 5.74) is 1.51. The van der Waals surface area contributed by atoms with Crippen LogP contribution in [0, 0.1) is 10.1 Å².